The molecular weight excluding hydrogens is 438 g/mol. The summed E-state index contributed by atoms with van der Waals surface area (Å²) in [4.78, 5) is 13.7. The van der Waals surface area contributed by atoms with Gasteiger partial charge in [-0.1, -0.05) is 69.6 Å². The number of thioether (sulfide) groups is 1. The highest BCUT2D eigenvalue weighted by Gasteiger charge is 2.20. The fourth-order valence-corrected chi connectivity index (χ4v) is 5.11. The van der Waals surface area contributed by atoms with E-state index in [1.165, 1.54) is 10.8 Å². The Morgan fingerprint density at radius 3 is 2.53 bits per heavy atom. The molecule has 0 aliphatic heterocycles. The van der Waals surface area contributed by atoms with Gasteiger partial charge in [0, 0.05) is 38.8 Å². The van der Waals surface area contributed by atoms with E-state index in [0.717, 1.165) is 32.3 Å². The monoisotopic (exact) mass is 465 g/mol. The summed E-state index contributed by atoms with van der Waals surface area (Å²) in [6.45, 7) is 8.94. The zero-order valence-corrected chi connectivity index (χ0v) is 20.5. The minimum absolute atomic E-state index is 0.121. The molecule has 0 bridgehead atoms. The maximum absolute atomic E-state index is 12.6. The van der Waals surface area contributed by atoms with Crippen LogP contribution in [0.3, 0.4) is 0 Å². The molecule has 0 spiro atoms. The molecular formula is C27H28ClNO2S. The normalized spacial score (nSPS) is 11.9. The molecule has 1 aromatic heterocycles. The molecule has 5 heteroatoms. The molecule has 4 rings (SSSR count). The van der Waals surface area contributed by atoms with Gasteiger partial charge in [0.25, 0.3) is 0 Å². The Morgan fingerprint density at radius 2 is 1.81 bits per heavy atom. The number of hydrogen-bond acceptors (Lipinski definition) is 3. The lowest BCUT2D eigenvalue weighted by molar-refractivity contribution is -0.136. The predicted octanol–water partition coefficient (Wildman–Crippen LogP) is 7.95. The van der Waals surface area contributed by atoms with E-state index < -0.39 is 0 Å². The average Bonchev–Trinajstić information content (AvgIpc) is 3.01. The summed E-state index contributed by atoms with van der Waals surface area (Å²) in [6, 6.07) is 20.4. The Labute approximate surface area is 198 Å². The van der Waals surface area contributed by atoms with Gasteiger partial charge in [0.15, 0.2) is 0 Å². The molecule has 0 unspecified atom stereocenters. The third-order valence-electron chi connectivity index (χ3n) is 5.25. The zero-order valence-electron chi connectivity index (χ0n) is 18.9. The van der Waals surface area contributed by atoms with Crippen molar-refractivity contribution in [1.82, 2.24) is 4.57 Å². The summed E-state index contributed by atoms with van der Waals surface area (Å²) >= 11 is 8.02. The number of aromatic nitrogens is 1. The van der Waals surface area contributed by atoms with Gasteiger partial charge in [0.2, 0.25) is 0 Å². The van der Waals surface area contributed by atoms with Crippen LogP contribution < -0.4 is 4.74 Å². The van der Waals surface area contributed by atoms with Crippen LogP contribution in [0.15, 0.2) is 65.6 Å². The minimum Gasteiger partial charge on any atom is -0.426 e. The average molecular weight is 466 g/mol. The molecule has 0 amide bonds. The Balaban J connectivity index is 1.88. The smallest absolute Gasteiger partial charge is 0.311 e. The van der Waals surface area contributed by atoms with Crippen LogP contribution >= 0.6 is 23.4 Å². The summed E-state index contributed by atoms with van der Waals surface area (Å²) < 4.78 is 8.11. The van der Waals surface area contributed by atoms with E-state index in [2.05, 4.69) is 41.8 Å². The largest absolute Gasteiger partial charge is 0.426 e. The highest BCUT2D eigenvalue weighted by molar-refractivity contribution is 7.99. The van der Waals surface area contributed by atoms with Crippen molar-refractivity contribution in [3.05, 3.63) is 71.2 Å². The van der Waals surface area contributed by atoms with Gasteiger partial charge in [-0.25, -0.2) is 0 Å². The highest BCUT2D eigenvalue weighted by atomic mass is 35.5. The number of carbonyl (C=O) groups is 1. The van der Waals surface area contributed by atoms with Crippen LogP contribution in [0.4, 0.5) is 0 Å². The molecule has 0 saturated carbocycles. The van der Waals surface area contributed by atoms with E-state index in [4.69, 9.17) is 16.3 Å². The quantitative estimate of drug-likeness (QED) is 0.164. The van der Waals surface area contributed by atoms with Crippen LogP contribution in [0.5, 0.6) is 5.75 Å². The number of rotatable bonds is 6. The number of ether oxygens (including phenoxy) is 1. The second-order valence-electron chi connectivity index (χ2n) is 9.19. The first-order valence-electron chi connectivity index (χ1n) is 10.9. The number of esters is 1. The van der Waals surface area contributed by atoms with Crippen molar-refractivity contribution < 1.29 is 9.53 Å². The first kappa shape index (κ1) is 22.8. The summed E-state index contributed by atoms with van der Waals surface area (Å²) in [5.41, 5.74) is 3.21. The van der Waals surface area contributed by atoms with Crippen molar-refractivity contribution in [1.29, 1.82) is 0 Å². The summed E-state index contributed by atoms with van der Waals surface area (Å²) in [5.74, 6) is 1.32. The van der Waals surface area contributed by atoms with Gasteiger partial charge in [0.05, 0.1) is 11.9 Å². The highest BCUT2D eigenvalue weighted by Crippen LogP contribution is 2.40. The predicted molar refractivity (Wildman–Crippen MR) is 136 cm³/mol. The van der Waals surface area contributed by atoms with Crippen LogP contribution in [0.25, 0.3) is 21.8 Å². The van der Waals surface area contributed by atoms with Crippen molar-refractivity contribution >= 4 is 51.1 Å². The zero-order chi connectivity index (χ0) is 22.9. The van der Waals surface area contributed by atoms with Gasteiger partial charge in [-0.05, 0) is 41.0 Å². The van der Waals surface area contributed by atoms with Gasteiger partial charge in [0.1, 0.15) is 5.75 Å². The maximum atomic E-state index is 12.6. The Bertz CT molecular complexity index is 1290. The molecule has 0 atom stereocenters. The van der Waals surface area contributed by atoms with E-state index in [9.17, 15) is 4.79 Å². The number of hydrogen-bond donors (Lipinski definition) is 0. The van der Waals surface area contributed by atoms with Crippen LogP contribution in [-0.2, 0) is 11.3 Å². The summed E-state index contributed by atoms with van der Waals surface area (Å²) in [6.07, 6.45) is 0.368. The summed E-state index contributed by atoms with van der Waals surface area (Å²) in [5, 5.41) is 3.13. The van der Waals surface area contributed by atoms with Crippen LogP contribution in [-0.4, -0.2) is 16.3 Å². The molecule has 0 N–H and O–H groups in total. The molecule has 166 valence electrons. The minimum atomic E-state index is -0.207. The lowest BCUT2D eigenvalue weighted by Gasteiger charge is -2.17. The number of carbonyl (C=O) groups excluding carboxylic acids is 1. The number of para-hydroxylation sites is 1. The van der Waals surface area contributed by atoms with Gasteiger partial charge in [-0.15, -0.1) is 11.8 Å². The Kier molecular flexibility index (Phi) is 6.55. The molecule has 0 fully saturated rings. The van der Waals surface area contributed by atoms with Crippen LogP contribution in [0.2, 0.25) is 5.02 Å². The van der Waals surface area contributed by atoms with Crippen LogP contribution in [0, 0.1) is 5.41 Å². The standard InChI is InChI=1S/C27H28ClNO2S/c1-5-32-24-15-20(31-25(30)16-27(2,3)4)14-23-26(24)21-11-6-7-12-22(21)29(23)17-18-9-8-10-19(28)13-18/h6-15H,5,16-17H2,1-4H3. The van der Waals surface area contributed by atoms with Crippen molar-refractivity contribution in [2.75, 3.05) is 5.75 Å². The van der Waals surface area contributed by atoms with E-state index in [1.807, 2.05) is 51.1 Å². The summed E-state index contributed by atoms with van der Waals surface area (Å²) in [7, 11) is 0. The molecule has 32 heavy (non-hydrogen) atoms. The molecule has 3 aromatic carbocycles. The van der Waals surface area contributed by atoms with Crippen molar-refractivity contribution in [2.45, 2.75) is 45.6 Å². The number of halogens is 1. The molecule has 0 saturated heterocycles. The lowest BCUT2D eigenvalue weighted by Crippen LogP contribution is -2.17. The SMILES string of the molecule is CCSc1cc(OC(=O)CC(C)(C)C)cc2c1c1ccccc1n2Cc1cccc(Cl)c1. The van der Waals surface area contributed by atoms with Crippen LogP contribution in [0.1, 0.15) is 39.7 Å². The molecule has 3 nitrogen and oxygen atoms in total. The second-order valence-corrected chi connectivity index (χ2v) is 10.9. The van der Waals surface area contributed by atoms with E-state index >= 15 is 0 Å². The molecule has 0 aliphatic rings. The van der Waals surface area contributed by atoms with E-state index in [0.29, 0.717) is 18.7 Å². The number of nitrogens with zero attached hydrogens (tertiary/aromatic N) is 1. The Hall–Kier alpha value is -2.43. The second kappa shape index (κ2) is 9.21. The van der Waals surface area contributed by atoms with Gasteiger partial charge < -0.3 is 9.30 Å². The molecule has 4 aromatic rings. The maximum Gasteiger partial charge on any atom is 0.311 e. The van der Waals surface area contributed by atoms with Crippen molar-refractivity contribution in [2.24, 2.45) is 5.41 Å². The fraction of sp³-hybridized carbons (Fsp3) is 0.296. The third-order valence-corrected chi connectivity index (χ3v) is 6.40. The van der Waals surface area contributed by atoms with E-state index in [-0.39, 0.29) is 11.4 Å². The topological polar surface area (TPSA) is 31.2 Å². The van der Waals surface area contributed by atoms with Gasteiger partial charge in [-0.3, -0.25) is 4.79 Å². The molecule has 0 radical (unpaired) electrons. The Morgan fingerprint density at radius 1 is 1.03 bits per heavy atom. The molecule has 0 aliphatic carbocycles. The third kappa shape index (κ3) is 4.97. The number of fused-ring (bicyclic) bond motifs is 3. The first-order valence-corrected chi connectivity index (χ1v) is 12.2. The van der Waals surface area contributed by atoms with Crippen molar-refractivity contribution in [3.8, 4) is 5.75 Å². The van der Waals surface area contributed by atoms with Gasteiger partial charge >= 0.3 is 5.97 Å². The molecule has 1 heterocycles. The van der Waals surface area contributed by atoms with Crippen molar-refractivity contribution in [3.63, 3.8) is 0 Å². The first-order chi connectivity index (χ1) is 15.2. The fourth-order valence-electron chi connectivity index (χ4n) is 4.03. The number of benzene rings is 3. The van der Waals surface area contributed by atoms with E-state index in [1.54, 1.807) is 11.8 Å². The van der Waals surface area contributed by atoms with Gasteiger partial charge in [-0.2, -0.15) is 0 Å². The lowest BCUT2D eigenvalue weighted by atomic mass is 9.92.